The molecule has 0 unspecified atom stereocenters. The van der Waals surface area contributed by atoms with Crippen molar-refractivity contribution in [3.8, 4) is 0 Å². The molecule has 25 heavy (non-hydrogen) atoms. The van der Waals surface area contributed by atoms with Crippen LogP contribution in [-0.2, 0) is 12.6 Å². The van der Waals surface area contributed by atoms with Crippen LogP contribution in [0.4, 0.5) is 18.9 Å². The van der Waals surface area contributed by atoms with Gasteiger partial charge in [0.05, 0.1) is 5.56 Å². The van der Waals surface area contributed by atoms with Gasteiger partial charge in [-0.25, -0.2) is 0 Å². The van der Waals surface area contributed by atoms with Crippen LogP contribution in [-0.4, -0.2) is 18.2 Å². The molecule has 0 radical (unpaired) electrons. The summed E-state index contributed by atoms with van der Waals surface area (Å²) < 4.78 is 39.8. The molecular weight excluding hydrogens is 367 g/mol. The molecule has 0 saturated heterocycles. The maximum atomic E-state index is 13.3. The SMILES string of the molecule is NCCNC(=S)Nc1cc(C(F)(F)F)cc2c1Cc1ccccc1S2. The lowest BCUT2D eigenvalue weighted by Gasteiger charge is -2.24. The molecule has 0 atom stereocenters. The minimum atomic E-state index is -4.42. The van der Waals surface area contributed by atoms with Gasteiger partial charge in [0.2, 0.25) is 0 Å². The molecule has 132 valence electrons. The molecule has 3 rings (SSSR count). The highest BCUT2D eigenvalue weighted by atomic mass is 32.2. The van der Waals surface area contributed by atoms with Crippen molar-refractivity contribution in [2.45, 2.75) is 22.4 Å². The second kappa shape index (κ2) is 7.23. The van der Waals surface area contributed by atoms with E-state index in [0.717, 1.165) is 22.1 Å². The van der Waals surface area contributed by atoms with Gasteiger partial charge in [-0.05, 0) is 41.5 Å². The predicted molar refractivity (Wildman–Crippen MR) is 98.1 cm³/mol. The fourth-order valence-electron chi connectivity index (χ4n) is 2.60. The minimum absolute atomic E-state index is 0.260. The second-order valence-corrected chi connectivity index (χ2v) is 7.05. The van der Waals surface area contributed by atoms with Gasteiger partial charge in [-0.15, -0.1) is 0 Å². The van der Waals surface area contributed by atoms with Crippen LogP contribution in [0.15, 0.2) is 46.2 Å². The minimum Gasteiger partial charge on any atom is -0.361 e. The van der Waals surface area contributed by atoms with E-state index in [1.165, 1.54) is 17.8 Å². The summed E-state index contributed by atoms with van der Waals surface area (Å²) in [6.07, 6.45) is -3.87. The zero-order valence-electron chi connectivity index (χ0n) is 13.1. The van der Waals surface area contributed by atoms with Crippen molar-refractivity contribution in [2.24, 2.45) is 5.73 Å². The number of hydrogen-bond donors (Lipinski definition) is 3. The van der Waals surface area contributed by atoms with Gasteiger partial charge < -0.3 is 16.4 Å². The average molecular weight is 383 g/mol. The fourth-order valence-corrected chi connectivity index (χ4v) is 3.96. The molecule has 0 bridgehead atoms. The number of alkyl halides is 3. The van der Waals surface area contributed by atoms with E-state index in [0.29, 0.717) is 30.1 Å². The highest BCUT2D eigenvalue weighted by Gasteiger charge is 2.33. The van der Waals surface area contributed by atoms with Crippen molar-refractivity contribution in [1.29, 1.82) is 0 Å². The summed E-state index contributed by atoms with van der Waals surface area (Å²) in [4.78, 5) is 1.57. The number of benzene rings is 2. The topological polar surface area (TPSA) is 50.1 Å². The summed E-state index contributed by atoms with van der Waals surface area (Å²) >= 11 is 6.50. The smallest absolute Gasteiger partial charge is 0.361 e. The molecule has 0 aliphatic carbocycles. The molecule has 0 saturated carbocycles. The molecule has 8 heteroatoms. The van der Waals surface area contributed by atoms with Crippen molar-refractivity contribution in [2.75, 3.05) is 18.4 Å². The lowest BCUT2D eigenvalue weighted by molar-refractivity contribution is -0.137. The summed E-state index contributed by atoms with van der Waals surface area (Å²) in [7, 11) is 0. The Balaban J connectivity index is 2.00. The third-order valence-electron chi connectivity index (χ3n) is 3.77. The number of nitrogens with two attached hydrogens (primary N) is 1. The van der Waals surface area contributed by atoms with Gasteiger partial charge >= 0.3 is 6.18 Å². The van der Waals surface area contributed by atoms with Crippen molar-refractivity contribution < 1.29 is 13.2 Å². The van der Waals surface area contributed by atoms with Crippen LogP contribution in [0.25, 0.3) is 0 Å². The quantitative estimate of drug-likeness (QED) is 0.597. The first kappa shape index (κ1) is 18.0. The Morgan fingerprint density at radius 3 is 2.68 bits per heavy atom. The molecule has 1 heterocycles. The third kappa shape index (κ3) is 4.08. The standard InChI is InChI=1S/C17H16F3N3S2/c18-17(19,20)11-8-13(23-16(24)22-6-5-21)12-7-10-3-1-2-4-14(10)25-15(12)9-11/h1-4,8-9H,5-7,21H2,(H2,22,23,24). The molecule has 4 N–H and O–H groups in total. The van der Waals surface area contributed by atoms with E-state index in [-0.39, 0.29) is 5.11 Å². The van der Waals surface area contributed by atoms with E-state index in [1.807, 2.05) is 24.3 Å². The molecule has 0 aromatic heterocycles. The van der Waals surface area contributed by atoms with Crippen molar-refractivity contribution in [3.05, 3.63) is 53.1 Å². The van der Waals surface area contributed by atoms with E-state index in [9.17, 15) is 13.2 Å². The maximum Gasteiger partial charge on any atom is 0.416 e. The maximum absolute atomic E-state index is 13.3. The van der Waals surface area contributed by atoms with Gasteiger partial charge in [0.15, 0.2) is 5.11 Å². The van der Waals surface area contributed by atoms with Gasteiger partial charge in [-0.3, -0.25) is 0 Å². The number of halogens is 3. The van der Waals surface area contributed by atoms with Crippen LogP contribution >= 0.6 is 24.0 Å². The molecular formula is C17H16F3N3S2. The highest BCUT2D eigenvalue weighted by molar-refractivity contribution is 7.99. The zero-order chi connectivity index (χ0) is 18.0. The molecule has 2 aromatic carbocycles. The molecule has 0 spiro atoms. The number of fused-ring (bicyclic) bond motifs is 2. The van der Waals surface area contributed by atoms with Gasteiger partial charge in [0.1, 0.15) is 0 Å². The molecule has 2 aromatic rings. The number of thiocarbonyl (C=S) groups is 1. The number of anilines is 1. The van der Waals surface area contributed by atoms with E-state index in [1.54, 1.807) is 0 Å². The van der Waals surface area contributed by atoms with Gasteiger partial charge in [-0.1, -0.05) is 30.0 Å². The summed E-state index contributed by atoms with van der Waals surface area (Å²) in [6.45, 7) is 0.830. The molecule has 1 aliphatic heterocycles. The van der Waals surface area contributed by atoms with Crippen LogP contribution in [0.3, 0.4) is 0 Å². The second-order valence-electron chi connectivity index (χ2n) is 5.55. The Morgan fingerprint density at radius 1 is 1.20 bits per heavy atom. The van der Waals surface area contributed by atoms with Crippen molar-refractivity contribution in [1.82, 2.24) is 5.32 Å². The van der Waals surface area contributed by atoms with Crippen LogP contribution in [0.5, 0.6) is 0 Å². The van der Waals surface area contributed by atoms with Gasteiger partial charge in [0, 0.05) is 35.0 Å². The zero-order valence-corrected chi connectivity index (χ0v) is 14.7. The van der Waals surface area contributed by atoms with Gasteiger partial charge in [-0.2, -0.15) is 13.2 Å². The first-order valence-electron chi connectivity index (χ1n) is 7.63. The molecule has 0 fully saturated rings. The first-order valence-corrected chi connectivity index (χ1v) is 8.86. The largest absolute Gasteiger partial charge is 0.416 e. The predicted octanol–water partition coefficient (Wildman–Crippen LogP) is 4.01. The Labute approximate surface area is 153 Å². The first-order chi connectivity index (χ1) is 11.9. The van der Waals surface area contributed by atoms with Crippen LogP contribution in [0, 0.1) is 0 Å². The Kier molecular flexibility index (Phi) is 5.21. The Bertz CT molecular complexity index is 806. The van der Waals surface area contributed by atoms with Crippen LogP contribution in [0.2, 0.25) is 0 Å². The highest BCUT2D eigenvalue weighted by Crippen LogP contribution is 2.45. The lowest BCUT2D eigenvalue weighted by Crippen LogP contribution is -2.33. The van der Waals surface area contributed by atoms with E-state index >= 15 is 0 Å². The summed E-state index contributed by atoms with van der Waals surface area (Å²) in [5.41, 5.74) is 7.00. The lowest BCUT2D eigenvalue weighted by atomic mass is 10.00. The van der Waals surface area contributed by atoms with Crippen molar-refractivity contribution >= 4 is 34.8 Å². The molecule has 1 aliphatic rings. The normalized spacial score (nSPS) is 13.0. The average Bonchev–Trinajstić information content (AvgIpc) is 2.57. The van der Waals surface area contributed by atoms with Gasteiger partial charge in [0.25, 0.3) is 0 Å². The van der Waals surface area contributed by atoms with E-state index < -0.39 is 11.7 Å². The Hall–Kier alpha value is -1.77. The van der Waals surface area contributed by atoms with Crippen molar-refractivity contribution in [3.63, 3.8) is 0 Å². The summed E-state index contributed by atoms with van der Waals surface area (Å²) in [5, 5.41) is 6.03. The summed E-state index contributed by atoms with van der Waals surface area (Å²) in [5.74, 6) is 0. The van der Waals surface area contributed by atoms with E-state index in [2.05, 4.69) is 10.6 Å². The third-order valence-corrected chi connectivity index (χ3v) is 5.22. The fraction of sp³-hybridized carbons (Fsp3) is 0.235. The number of rotatable bonds is 3. The Morgan fingerprint density at radius 2 is 1.96 bits per heavy atom. The van der Waals surface area contributed by atoms with Crippen LogP contribution in [0.1, 0.15) is 16.7 Å². The number of nitrogens with one attached hydrogen (secondary N) is 2. The summed E-state index contributed by atoms with van der Waals surface area (Å²) in [6, 6.07) is 10.0. The monoisotopic (exact) mass is 383 g/mol. The molecule has 3 nitrogen and oxygen atoms in total. The number of hydrogen-bond acceptors (Lipinski definition) is 3. The molecule has 0 amide bonds. The van der Waals surface area contributed by atoms with Crippen LogP contribution < -0.4 is 16.4 Å². The van der Waals surface area contributed by atoms with E-state index in [4.69, 9.17) is 18.0 Å².